The number of hydrogen-bond acceptors (Lipinski definition) is 12. The molecule has 17 heteroatoms. The number of nitrogens with one attached hydrogen (secondary N) is 2. The quantitative estimate of drug-likeness (QED) is 0.0397. The number of aryl methyl sites for hydroxylation is 1. The van der Waals surface area contributed by atoms with E-state index in [1.165, 1.54) is 16.7 Å². The number of pyridine rings is 1. The largest absolute Gasteiger partial charge is 0.410 e. The Balaban J connectivity index is 1.34. The van der Waals surface area contributed by atoms with Crippen molar-refractivity contribution in [3.63, 3.8) is 0 Å². The molecule has 0 spiro atoms. The Hall–Kier alpha value is -3.73. The van der Waals surface area contributed by atoms with Crippen molar-refractivity contribution >= 4 is 80.8 Å². The lowest BCUT2D eigenvalue weighted by molar-refractivity contribution is -0.664. The van der Waals surface area contributed by atoms with Crippen LogP contribution in [0.1, 0.15) is 12.1 Å². The highest BCUT2D eigenvalue weighted by atomic mass is 35.5. The van der Waals surface area contributed by atoms with Gasteiger partial charge in [0.2, 0.25) is 0 Å². The molecule has 0 aromatic carbocycles. The summed E-state index contributed by atoms with van der Waals surface area (Å²) in [5.41, 5.74) is 13.8. The zero-order valence-corrected chi connectivity index (χ0v) is 23.6. The van der Waals surface area contributed by atoms with Crippen molar-refractivity contribution in [2.24, 2.45) is 5.16 Å². The molecule has 2 unspecified atom stereocenters. The molecule has 5 heterocycles. The van der Waals surface area contributed by atoms with Gasteiger partial charge in [-0.3, -0.25) is 23.9 Å². The number of carbonyl (C=O) groups excluding carboxylic acids is 3. The van der Waals surface area contributed by atoms with E-state index in [0.717, 1.165) is 35.4 Å². The fraction of sp³-hybridized carbons (Fsp3) is 0.348. The first kappa shape index (κ1) is 27.8. The summed E-state index contributed by atoms with van der Waals surface area (Å²) < 4.78 is 3.92. The van der Waals surface area contributed by atoms with Crippen molar-refractivity contribution in [1.29, 1.82) is 0 Å². The number of nitrogens with zero attached hydrogens (tertiary/aromatic N) is 6. The highest BCUT2D eigenvalue weighted by molar-refractivity contribution is 8.00. The zero-order valence-electron chi connectivity index (χ0n) is 21.2. The molecule has 0 aliphatic carbocycles. The number of fused-ring (bicyclic) bond motifs is 2. The number of aldehydes is 1. The SMILES string of the molecule is CNCCCn1c(N)nc2c1ccc[n+]2CC1=C(C=O)N2C(=O)C(NC(=O)/C(=N\O)c3nc(N)sc3Cl)C2SC1. The maximum atomic E-state index is 13.1. The average molecular weight is 606 g/mol. The van der Waals surface area contributed by atoms with Crippen LogP contribution >= 0.6 is 34.7 Å². The summed E-state index contributed by atoms with van der Waals surface area (Å²) in [6, 6.07) is 2.89. The summed E-state index contributed by atoms with van der Waals surface area (Å²) in [6.45, 7) is 1.86. The van der Waals surface area contributed by atoms with E-state index in [0.29, 0.717) is 36.7 Å². The van der Waals surface area contributed by atoms with Gasteiger partial charge in [0.05, 0.1) is 11.9 Å². The second-order valence-electron chi connectivity index (χ2n) is 9.01. The van der Waals surface area contributed by atoms with Crippen molar-refractivity contribution < 1.29 is 24.2 Å². The highest BCUT2D eigenvalue weighted by Gasteiger charge is 2.53. The van der Waals surface area contributed by atoms with Crippen molar-refractivity contribution in [2.75, 3.05) is 30.8 Å². The number of thiazole rings is 1. The summed E-state index contributed by atoms with van der Waals surface area (Å²) in [6.07, 6.45) is 3.39. The maximum absolute atomic E-state index is 13.1. The van der Waals surface area contributed by atoms with Gasteiger partial charge in [-0.05, 0) is 37.1 Å². The smallest absolute Gasteiger partial charge is 0.351 e. The molecular weight excluding hydrogens is 580 g/mol. The number of imidazole rings is 1. The van der Waals surface area contributed by atoms with Crippen LogP contribution in [0.25, 0.3) is 11.2 Å². The molecule has 3 aromatic heterocycles. The first-order valence-corrected chi connectivity index (χ1v) is 14.4. The summed E-state index contributed by atoms with van der Waals surface area (Å²) >= 11 is 8.37. The van der Waals surface area contributed by atoms with Gasteiger partial charge in [0.15, 0.2) is 17.1 Å². The standard InChI is InChI=1S/C23H25ClN10O4S2/c1-27-5-3-7-33-12-4-2-6-32(18(12)30-22(33)25)8-11-10-39-21-16(20(37)34(21)13(11)9-35)28-19(36)15(31-38)14-17(24)40-23(26)29-14/h2,4,6,9,16,21,25,27H,3,5,7-8,10H2,1H3,(H4,26,28,29,36,38)/p+1. The third-order valence-corrected chi connectivity index (χ3v) is 9.04. The topological polar surface area (TPSA) is 198 Å². The number of anilines is 2. The second-order valence-corrected chi connectivity index (χ2v) is 11.8. The lowest BCUT2D eigenvalue weighted by atomic mass is 10.0. The van der Waals surface area contributed by atoms with Gasteiger partial charge in [-0.1, -0.05) is 28.1 Å². The van der Waals surface area contributed by atoms with Crippen LogP contribution in [0.4, 0.5) is 11.1 Å². The van der Waals surface area contributed by atoms with E-state index in [4.69, 9.17) is 23.1 Å². The molecule has 2 amide bonds. The number of carbonyl (C=O) groups is 3. The van der Waals surface area contributed by atoms with E-state index in [1.807, 2.05) is 34.5 Å². The molecule has 210 valence electrons. The predicted molar refractivity (Wildman–Crippen MR) is 151 cm³/mol. The molecule has 0 radical (unpaired) electrons. The third-order valence-electron chi connectivity index (χ3n) is 6.61. The van der Waals surface area contributed by atoms with Gasteiger partial charge < -0.3 is 27.3 Å². The Morgan fingerprint density at radius 2 is 2.20 bits per heavy atom. The van der Waals surface area contributed by atoms with Gasteiger partial charge in [-0.2, -0.15) is 0 Å². The van der Waals surface area contributed by atoms with Crippen LogP contribution in [-0.2, 0) is 27.5 Å². The molecule has 14 nitrogen and oxygen atoms in total. The Kier molecular flexibility index (Phi) is 7.93. The first-order valence-electron chi connectivity index (χ1n) is 12.1. The normalized spacial score (nSPS) is 19.1. The summed E-state index contributed by atoms with van der Waals surface area (Å²) in [7, 11) is 1.89. The monoisotopic (exact) mass is 605 g/mol. The Bertz CT molecular complexity index is 1570. The Morgan fingerprint density at radius 3 is 2.88 bits per heavy atom. The molecular formula is C23H26ClN10O4S2+. The van der Waals surface area contributed by atoms with Crippen LogP contribution in [0.15, 0.2) is 34.8 Å². The van der Waals surface area contributed by atoms with Crippen LogP contribution in [0.3, 0.4) is 0 Å². The van der Waals surface area contributed by atoms with Gasteiger partial charge in [0.25, 0.3) is 11.8 Å². The minimum Gasteiger partial charge on any atom is -0.410 e. The third kappa shape index (κ3) is 4.87. The fourth-order valence-corrected chi connectivity index (χ4v) is 7.01. The van der Waals surface area contributed by atoms with Gasteiger partial charge >= 0.3 is 11.6 Å². The lowest BCUT2D eigenvalue weighted by Crippen LogP contribution is -2.70. The van der Waals surface area contributed by atoms with E-state index < -0.39 is 28.9 Å². The minimum absolute atomic E-state index is 0.0712. The number of nitrogen functional groups attached to an aromatic ring is 2. The second kappa shape index (κ2) is 11.4. The molecule has 2 atom stereocenters. The molecule has 0 saturated carbocycles. The first-order chi connectivity index (χ1) is 19.3. The molecule has 0 bridgehead atoms. The summed E-state index contributed by atoms with van der Waals surface area (Å²) in [5, 5.41) is 17.7. The molecule has 2 aliphatic rings. The van der Waals surface area contributed by atoms with E-state index >= 15 is 0 Å². The van der Waals surface area contributed by atoms with Gasteiger partial charge in [0.1, 0.15) is 33.5 Å². The number of thioether (sulfide) groups is 1. The molecule has 2 aliphatic heterocycles. The minimum atomic E-state index is -0.940. The van der Waals surface area contributed by atoms with E-state index in [9.17, 15) is 19.6 Å². The van der Waals surface area contributed by atoms with Crippen LogP contribution in [0.2, 0.25) is 4.34 Å². The maximum Gasteiger partial charge on any atom is 0.351 e. The summed E-state index contributed by atoms with van der Waals surface area (Å²) in [4.78, 5) is 48.0. The number of hydrogen-bond donors (Lipinski definition) is 5. The van der Waals surface area contributed by atoms with Crippen molar-refractivity contribution in [1.82, 2.24) is 30.1 Å². The zero-order chi connectivity index (χ0) is 28.6. The number of nitrogens with two attached hydrogens (primary N) is 2. The molecule has 5 rings (SSSR count). The number of aromatic nitrogens is 4. The fourth-order valence-electron chi connectivity index (χ4n) is 4.73. The van der Waals surface area contributed by atoms with Gasteiger partial charge in [0, 0.05) is 17.9 Å². The number of halogens is 1. The van der Waals surface area contributed by atoms with E-state index in [-0.39, 0.29) is 20.9 Å². The molecule has 40 heavy (non-hydrogen) atoms. The van der Waals surface area contributed by atoms with Crippen LogP contribution in [-0.4, -0.2) is 79.2 Å². The van der Waals surface area contributed by atoms with Crippen LogP contribution < -0.4 is 26.7 Å². The van der Waals surface area contributed by atoms with Crippen LogP contribution in [0.5, 0.6) is 0 Å². The van der Waals surface area contributed by atoms with Crippen LogP contribution in [0, 0.1) is 0 Å². The predicted octanol–water partition coefficient (Wildman–Crippen LogP) is -0.0610. The van der Waals surface area contributed by atoms with Gasteiger partial charge in [-0.25, -0.2) is 9.55 Å². The molecule has 3 aromatic rings. The highest BCUT2D eigenvalue weighted by Crippen LogP contribution is 2.40. The van der Waals surface area contributed by atoms with E-state index in [2.05, 4.69) is 25.8 Å². The molecule has 1 saturated heterocycles. The number of oxime groups is 1. The number of rotatable bonds is 10. The molecule has 7 N–H and O–H groups in total. The number of β-lactam (4-membered cyclic amide) rings is 1. The Labute approximate surface area is 241 Å². The number of allylic oxidation sites excluding steroid dienone is 1. The molecule has 1 fully saturated rings. The van der Waals surface area contributed by atoms with E-state index in [1.54, 1.807) is 0 Å². The number of amides is 2. The lowest BCUT2D eigenvalue weighted by Gasteiger charge is -2.49. The van der Waals surface area contributed by atoms with Crippen molar-refractivity contribution in [3.05, 3.63) is 39.6 Å². The summed E-state index contributed by atoms with van der Waals surface area (Å²) in [5.74, 6) is -0.474. The Morgan fingerprint density at radius 1 is 1.40 bits per heavy atom. The van der Waals surface area contributed by atoms with Gasteiger partial charge in [-0.15, -0.1) is 11.8 Å². The van der Waals surface area contributed by atoms with Crippen molar-refractivity contribution in [2.45, 2.75) is 30.9 Å². The average Bonchev–Trinajstić information content (AvgIpc) is 3.45. The van der Waals surface area contributed by atoms with Crippen molar-refractivity contribution in [3.8, 4) is 0 Å².